The first-order valence-electron chi connectivity index (χ1n) is 12.8. The molecule has 0 radical (unpaired) electrons. The Kier molecular flexibility index (Phi) is 2.22. The normalized spacial score (nSPS) is 17.6. The van der Waals surface area contributed by atoms with E-state index < -0.39 is 37.2 Å². The Morgan fingerprint density at radius 3 is 2.74 bits per heavy atom. The summed E-state index contributed by atoms with van der Waals surface area (Å²) in [6.45, 7) is -3.46. The number of hydrogen-bond acceptors (Lipinski definition) is 3. The number of fused-ring (bicyclic) bond motifs is 3. The van der Waals surface area contributed by atoms with Crippen molar-refractivity contribution in [2.45, 2.75) is 33.4 Å². The summed E-state index contributed by atoms with van der Waals surface area (Å²) >= 11 is 0. The molecule has 4 rings (SSSR count). The van der Waals surface area contributed by atoms with Crippen molar-refractivity contribution in [2.24, 2.45) is 7.05 Å². The van der Waals surface area contributed by atoms with Crippen LogP contribution in [0.2, 0.25) is 0 Å². The minimum absolute atomic E-state index is 0.103. The van der Waals surface area contributed by atoms with E-state index >= 15 is 0 Å². The van der Waals surface area contributed by atoms with E-state index in [0.717, 1.165) is 0 Å². The van der Waals surface area contributed by atoms with Crippen LogP contribution in [0.1, 0.15) is 54.4 Å². The number of aryl methyl sites for hydroxylation is 1. The average molecular weight is 366 g/mol. The van der Waals surface area contributed by atoms with Crippen LogP contribution in [-0.2, 0) is 7.05 Å². The highest BCUT2D eigenvalue weighted by Gasteiger charge is 2.23. The van der Waals surface area contributed by atoms with Crippen molar-refractivity contribution >= 4 is 22.1 Å². The molecule has 0 fully saturated rings. The molecule has 0 aliphatic heterocycles. The van der Waals surface area contributed by atoms with Gasteiger partial charge in [0.1, 0.15) is 18.8 Å². The standard InChI is InChI=1S/C23H22N3O/c1-13(2)16-10-15(4)26(5)20(11-16)21-14(3)6-8-18-19-9-7-17(12-24)25-23(19)27-22(18)21/h6-11,13H,1-5H3/q+1/i1D3,2D3,10D,11D,13D. The van der Waals surface area contributed by atoms with Gasteiger partial charge in [-0.15, -0.1) is 0 Å². The fourth-order valence-electron chi connectivity index (χ4n) is 3.20. The minimum Gasteiger partial charge on any atom is -0.437 e. The number of benzene rings is 1. The van der Waals surface area contributed by atoms with Crippen LogP contribution >= 0.6 is 0 Å². The molecule has 4 nitrogen and oxygen atoms in total. The maximum absolute atomic E-state index is 9.21. The third-order valence-electron chi connectivity index (χ3n) is 4.70. The minimum atomic E-state index is -3.36. The van der Waals surface area contributed by atoms with E-state index in [4.69, 9.17) is 16.8 Å². The molecule has 0 aliphatic carbocycles. The molecule has 0 saturated carbocycles. The molecule has 0 bridgehead atoms. The van der Waals surface area contributed by atoms with Crippen LogP contribution in [-0.4, -0.2) is 4.98 Å². The van der Waals surface area contributed by atoms with E-state index in [2.05, 4.69) is 4.98 Å². The first-order chi connectivity index (χ1) is 16.6. The van der Waals surface area contributed by atoms with Crippen LogP contribution in [0.3, 0.4) is 0 Å². The smallest absolute Gasteiger partial charge is 0.228 e. The van der Waals surface area contributed by atoms with Gasteiger partial charge in [-0.3, -0.25) is 0 Å². The Morgan fingerprint density at radius 1 is 1.22 bits per heavy atom. The molecule has 3 aromatic heterocycles. The molecule has 3 heterocycles. The summed E-state index contributed by atoms with van der Waals surface area (Å²) in [5.41, 5.74) is 1.23. The number of nitriles is 1. The first kappa shape index (κ1) is 9.66. The molecular weight excluding hydrogens is 334 g/mol. The van der Waals surface area contributed by atoms with Gasteiger partial charge >= 0.3 is 0 Å². The second-order valence-electron chi connectivity index (χ2n) is 6.39. The van der Waals surface area contributed by atoms with Crippen LogP contribution in [0, 0.1) is 25.2 Å². The Hall–Kier alpha value is -3.19. The molecule has 4 heteroatoms. The highest BCUT2D eigenvalue weighted by molar-refractivity contribution is 6.08. The predicted octanol–water partition coefficient (Wildman–Crippen LogP) is 5.08. The fraction of sp³-hybridized carbons (Fsp3) is 0.261. The van der Waals surface area contributed by atoms with Gasteiger partial charge in [0, 0.05) is 39.4 Å². The quantitative estimate of drug-likeness (QED) is 0.465. The van der Waals surface area contributed by atoms with Crippen LogP contribution < -0.4 is 4.57 Å². The van der Waals surface area contributed by atoms with Crippen molar-refractivity contribution in [3.8, 4) is 17.3 Å². The predicted molar refractivity (Wildman–Crippen MR) is 106 cm³/mol. The van der Waals surface area contributed by atoms with Gasteiger partial charge in [0.2, 0.25) is 11.4 Å². The molecular formula is C23H22N3O+. The van der Waals surface area contributed by atoms with Gasteiger partial charge in [-0.05, 0) is 36.1 Å². The summed E-state index contributed by atoms with van der Waals surface area (Å²) in [6, 6.07) is 7.70. The number of nitrogens with zero attached hydrogens (tertiary/aromatic N) is 3. The van der Waals surface area contributed by atoms with E-state index in [1.54, 1.807) is 38.2 Å². The number of hydrogen-bond donors (Lipinski definition) is 0. The van der Waals surface area contributed by atoms with E-state index in [1.807, 2.05) is 6.07 Å². The Bertz CT molecular complexity index is 1580. The molecule has 27 heavy (non-hydrogen) atoms. The molecule has 0 unspecified atom stereocenters. The first-order valence-corrected chi connectivity index (χ1v) is 8.29. The Balaban J connectivity index is 2.21. The average Bonchev–Trinajstić information content (AvgIpc) is 3.15. The Labute approximate surface area is 171 Å². The number of rotatable bonds is 2. The van der Waals surface area contributed by atoms with Crippen molar-refractivity contribution in [2.75, 3.05) is 0 Å². The lowest BCUT2D eigenvalue weighted by Gasteiger charge is -2.11. The number of aromatic nitrogens is 2. The molecule has 0 saturated heterocycles. The molecule has 0 spiro atoms. The van der Waals surface area contributed by atoms with E-state index in [9.17, 15) is 5.26 Å². The zero-order valence-corrected chi connectivity index (χ0v) is 15.1. The van der Waals surface area contributed by atoms with Gasteiger partial charge in [-0.25, -0.2) is 4.98 Å². The summed E-state index contributed by atoms with van der Waals surface area (Å²) in [6.07, 6.45) is 0. The molecule has 0 N–H and O–H groups in total. The Morgan fingerprint density at radius 2 is 2.00 bits per heavy atom. The van der Waals surface area contributed by atoms with Crippen molar-refractivity contribution in [3.05, 3.63) is 58.9 Å². The summed E-state index contributed by atoms with van der Waals surface area (Å²) in [7, 11) is 1.58. The molecule has 4 aromatic rings. The van der Waals surface area contributed by atoms with Crippen LogP contribution in [0.15, 0.2) is 40.8 Å². The van der Waals surface area contributed by atoms with E-state index in [-0.39, 0.29) is 22.8 Å². The topological polar surface area (TPSA) is 53.7 Å². The molecule has 134 valence electrons. The van der Waals surface area contributed by atoms with Gasteiger partial charge in [0.25, 0.3) is 0 Å². The van der Waals surface area contributed by atoms with Crippen molar-refractivity contribution in [1.29, 1.82) is 5.26 Å². The third kappa shape index (κ3) is 2.67. The monoisotopic (exact) mass is 365 g/mol. The maximum atomic E-state index is 9.21. The second-order valence-corrected chi connectivity index (χ2v) is 6.39. The highest BCUT2D eigenvalue weighted by atomic mass is 16.3. The van der Waals surface area contributed by atoms with Gasteiger partial charge in [-0.2, -0.15) is 9.83 Å². The van der Waals surface area contributed by atoms with Gasteiger partial charge < -0.3 is 4.42 Å². The fourth-order valence-corrected chi connectivity index (χ4v) is 3.20. The summed E-state index contributed by atoms with van der Waals surface area (Å²) in [5.74, 6) is -3.22. The largest absolute Gasteiger partial charge is 0.437 e. The highest BCUT2D eigenvalue weighted by Crippen LogP contribution is 2.37. The van der Waals surface area contributed by atoms with Gasteiger partial charge in [0.05, 0.1) is 8.30 Å². The van der Waals surface area contributed by atoms with Crippen molar-refractivity contribution in [3.63, 3.8) is 0 Å². The zero-order valence-electron chi connectivity index (χ0n) is 24.1. The number of pyridine rings is 2. The van der Waals surface area contributed by atoms with E-state index in [0.29, 0.717) is 27.5 Å². The SMILES string of the molecule is [2H]c1c(C([2H])(C([2H])([2H])[2H])C([2H])([2H])[2H])c([2H])c(-c2c(C)ccc3c2oc2nc(C#N)ccc23)[n+](C)c1C. The van der Waals surface area contributed by atoms with Crippen LogP contribution in [0.5, 0.6) is 0 Å². The summed E-state index contributed by atoms with van der Waals surface area (Å²) < 4.78 is 81.3. The third-order valence-corrected chi connectivity index (χ3v) is 4.70. The van der Waals surface area contributed by atoms with Crippen LogP contribution in [0.25, 0.3) is 33.3 Å². The second kappa shape index (κ2) is 6.21. The van der Waals surface area contributed by atoms with Crippen LogP contribution in [0.4, 0.5) is 0 Å². The molecule has 0 aliphatic rings. The lowest BCUT2D eigenvalue weighted by Crippen LogP contribution is -2.35. The zero-order chi connectivity index (χ0) is 27.0. The van der Waals surface area contributed by atoms with Crippen molar-refractivity contribution < 1.29 is 21.3 Å². The van der Waals surface area contributed by atoms with Gasteiger partial charge in [0.15, 0.2) is 11.3 Å². The number of furan rings is 1. The van der Waals surface area contributed by atoms with Gasteiger partial charge in [-0.1, -0.05) is 25.8 Å². The summed E-state index contributed by atoms with van der Waals surface area (Å²) in [5, 5.41) is 10.5. The maximum Gasteiger partial charge on any atom is 0.228 e. The summed E-state index contributed by atoms with van der Waals surface area (Å²) in [4.78, 5) is 4.20. The van der Waals surface area contributed by atoms with Crippen molar-refractivity contribution in [1.82, 2.24) is 4.98 Å². The molecule has 0 atom stereocenters. The lowest BCUT2D eigenvalue weighted by atomic mass is 9.96. The molecule has 0 amide bonds. The lowest BCUT2D eigenvalue weighted by molar-refractivity contribution is -0.666. The molecule has 1 aromatic carbocycles. The van der Waals surface area contributed by atoms with E-state index in [1.165, 1.54) is 11.5 Å².